The lowest BCUT2D eigenvalue weighted by molar-refractivity contribution is 0.0207. The van der Waals surface area contributed by atoms with E-state index >= 15 is 0 Å². The van der Waals surface area contributed by atoms with Crippen LogP contribution < -0.4 is 19.1 Å². The molecule has 0 amide bonds. The average molecular weight is 499 g/mol. The smallest absolute Gasteiger partial charge is 0.204 e. The summed E-state index contributed by atoms with van der Waals surface area (Å²) in [4.78, 5) is 20.5. The number of carbonyl (C=O) groups is 1. The third kappa shape index (κ3) is 3.79. The predicted octanol–water partition coefficient (Wildman–Crippen LogP) is 5.06. The second-order valence-corrected chi connectivity index (χ2v) is 9.88. The molecule has 2 aromatic carbocycles. The first-order valence-corrected chi connectivity index (χ1v) is 12.6. The fourth-order valence-corrected chi connectivity index (χ4v) is 5.68. The number of aromatic nitrogens is 3. The van der Waals surface area contributed by atoms with Crippen LogP contribution in [0.3, 0.4) is 0 Å². The number of para-hydroxylation sites is 1. The van der Waals surface area contributed by atoms with Crippen LogP contribution in [0.2, 0.25) is 0 Å². The van der Waals surface area contributed by atoms with E-state index in [4.69, 9.17) is 24.3 Å². The van der Waals surface area contributed by atoms with E-state index in [9.17, 15) is 4.79 Å². The quantitative estimate of drug-likeness (QED) is 0.389. The van der Waals surface area contributed by atoms with Gasteiger partial charge in [-0.2, -0.15) is 5.10 Å². The molecule has 1 fully saturated rings. The molecule has 0 N–H and O–H groups in total. The molecule has 6 rings (SSSR count). The molecule has 4 aromatic rings. The van der Waals surface area contributed by atoms with E-state index in [0.29, 0.717) is 42.1 Å². The molecular formula is C29H30N4O4. The fourth-order valence-electron chi connectivity index (χ4n) is 5.68. The minimum absolute atomic E-state index is 0.0771. The Balaban J connectivity index is 1.30. The molecule has 8 heteroatoms. The summed E-state index contributed by atoms with van der Waals surface area (Å²) in [5, 5.41) is 5.87. The van der Waals surface area contributed by atoms with Gasteiger partial charge in [0.15, 0.2) is 22.9 Å². The van der Waals surface area contributed by atoms with Gasteiger partial charge in [0.1, 0.15) is 11.4 Å². The van der Waals surface area contributed by atoms with Gasteiger partial charge >= 0.3 is 0 Å². The molecule has 37 heavy (non-hydrogen) atoms. The van der Waals surface area contributed by atoms with Gasteiger partial charge in [0.05, 0.1) is 37.6 Å². The normalized spacial score (nSPS) is 16.5. The van der Waals surface area contributed by atoms with E-state index in [1.165, 1.54) is 0 Å². The Morgan fingerprint density at radius 1 is 1.00 bits per heavy atom. The molecule has 0 bridgehead atoms. The number of piperidine rings is 1. The number of nitrogens with zero attached hydrogens (tertiary/aromatic N) is 4. The molecule has 190 valence electrons. The lowest BCUT2D eigenvalue weighted by Gasteiger charge is -2.44. The zero-order valence-electron chi connectivity index (χ0n) is 21.6. The number of benzene rings is 2. The van der Waals surface area contributed by atoms with E-state index in [2.05, 4.69) is 17.9 Å². The SMILES string of the molecule is COc1ccc2c(c1OC)OC1(CCN(c3cc(C)c4c(C)nn(-c5ccccc5)c4n3)CC1)CC2=O. The van der Waals surface area contributed by atoms with Crippen LogP contribution in [0.4, 0.5) is 5.82 Å². The lowest BCUT2D eigenvalue weighted by atomic mass is 9.82. The number of hydrogen-bond acceptors (Lipinski definition) is 7. The van der Waals surface area contributed by atoms with E-state index in [0.717, 1.165) is 46.9 Å². The number of fused-ring (bicyclic) bond motifs is 2. The van der Waals surface area contributed by atoms with Gasteiger partial charge in [0.2, 0.25) is 5.75 Å². The number of carbonyl (C=O) groups excluding carboxylic acids is 1. The highest BCUT2D eigenvalue weighted by Crippen LogP contribution is 2.48. The van der Waals surface area contributed by atoms with Crippen molar-refractivity contribution in [3.05, 3.63) is 65.4 Å². The first-order valence-electron chi connectivity index (χ1n) is 12.6. The molecule has 1 spiro atoms. The van der Waals surface area contributed by atoms with Crippen molar-refractivity contribution in [2.75, 3.05) is 32.2 Å². The number of Topliss-reactive ketones (excluding diaryl/α,β-unsaturated/α-hetero) is 1. The van der Waals surface area contributed by atoms with Crippen LogP contribution in [-0.2, 0) is 0 Å². The fraction of sp³-hybridized carbons (Fsp3) is 0.345. The molecular weight excluding hydrogens is 468 g/mol. The Kier molecular flexibility index (Phi) is 5.55. The number of ketones is 1. The molecule has 0 saturated carbocycles. The van der Waals surface area contributed by atoms with Gasteiger partial charge in [-0.3, -0.25) is 4.79 Å². The van der Waals surface area contributed by atoms with Crippen LogP contribution in [0, 0.1) is 13.8 Å². The average Bonchev–Trinajstić information content (AvgIpc) is 3.25. The van der Waals surface area contributed by atoms with Crippen molar-refractivity contribution in [2.45, 2.75) is 38.7 Å². The summed E-state index contributed by atoms with van der Waals surface area (Å²) in [6, 6.07) is 15.8. The van der Waals surface area contributed by atoms with Crippen LogP contribution >= 0.6 is 0 Å². The van der Waals surface area contributed by atoms with Crippen molar-refractivity contribution in [3.63, 3.8) is 0 Å². The molecule has 0 unspecified atom stereocenters. The van der Waals surface area contributed by atoms with Crippen molar-refractivity contribution in [1.29, 1.82) is 0 Å². The van der Waals surface area contributed by atoms with Gasteiger partial charge in [0, 0.05) is 31.3 Å². The summed E-state index contributed by atoms with van der Waals surface area (Å²) in [7, 11) is 3.15. The first-order chi connectivity index (χ1) is 17.9. The summed E-state index contributed by atoms with van der Waals surface area (Å²) < 4.78 is 19.5. The number of aryl methyl sites for hydroxylation is 2. The Labute approximate surface area is 215 Å². The number of pyridine rings is 1. The summed E-state index contributed by atoms with van der Waals surface area (Å²) in [5.74, 6) is 2.51. The number of anilines is 1. The Morgan fingerprint density at radius 3 is 2.46 bits per heavy atom. The van der Waals surface area contributed by atoms with Crippen LogP contribution in [0.25, 0.3) is 16.7 Å². The predicted molar refractivity (Wildman–Crippen MR) is 142 cm³/mol. The van der Waals surface area contributed by atoms with Gasteiger partial charge in [-0.25, -0.2) is 9.67 Å². The highest BCUT2D eigenvalue weighted by atomic mass is 16.5. The number of methoxy groups -OCH3 is 2. The van der Waals surface area contributed by atoms with Crippen LogP contribution in [0.1, 0.15) is 40.9 Å². The maximum Gasteiger partial charge on any atom is 0.204 e. The molecule has 2 aliphatic rings. The maximum absolute atomic E-state index is 13.1. The summed E-state index contributed by atoms with van der Waals surface area (Å²) >= 11 is 0. The molecule has 1 saturated heterocycles. The van der Waals surface area contributed by atoms with Crippen molar-refractivity contribution in [2.24, 2.45) is 0 Å². The van der Waals surface area contributed by atoms with Gasteiger partial charge in [-0.1, -0.05) is 18.2 Å². The molecule has 0 radical (unpaired) electrons. The summed E-state index contributed by atoms with van der Waals surface area (Å²) in [6.07, 6.45) is 1.76. The highest BCUT2D eigenvalue weighted by molar-refractivity contribution is 6.01. The zero-order valence-corrected chi connectivity index (χ0v) is 21.6. The van der Waals surface area contributed by atoms with Gasteiger partial charge in [-0.05, 0) is 49.7 Å². The maximum atomic E-state index is 13.1. The van der Waals surface area contributed by atoms with Crippen molar-refractivity contribution >= 4 is 22.6 Å². The van der Waals surface area contributed by atoms with Gasteiger partial charge in [-0.15, -0.1) is 0 Å². The van der Waals surface area contributed by atoms with Crippen molar-refractivity contribution in [3.8, 4) is 22.9 Å². The first kappa shape index (κ1) is 23.3. The Bertz CT molecular complexity index is 1500. The molecule has 0 aliphatic carbocycles. The second kappa shape index (κ2) is 8.80. The highest BCUT2D eigenvalue weighted by Gasteiger charge is 2.44. The third-order valence-corrected chi connectivity index (χ3v) is 7.60. The van der Waals surface area contributed by atoms with Crippen LogP contribution in [0.5, 0.6) is 17.2 Å². The van der Waals surface area contributed by atoms with Crippen LogP contribution in [-0.4, -0.2) is 53.5 Å². The molecule has 2 aliphatic heterocycles. The minimum Gasteiger partial charge on any atom is -0.493 e. The number of rotatable bonds is 4. The molecule has 4 heterocycles. The van der Waals surface area contributed by atoms with Crippen molar-refractivity contribution < 1.29 is 19.0 Å². The molecule has 2 aromatic heterocycles. The molecule has 0 atom stereocenters. The van der Waals surface area contributed by atoms with Gasteiger partial charge in [0.25, 0.3) is 0 Å². The van der Waals surface area contributed by atoms with E-state index in [1.807, 2.05) is 41.9 Å². The number of hydrogen-bond donors (Lipinski definition) is 0. The monoisotopic (exact) mass is 498 g/mol. The number of ether oxygens (including phenoxy) is 3. The Hall–Kier alpha value is -4.07. The van der Waals surface area contributed by atoms with E-state index in [-0.39, 0.29) is 5.78 Å². The van der Waals surface area contributed by atoms with Crippen LogP contribution in [0.15, 0.2) is 48.5 Å². The zero-order chi connectivity index (χ0) is 25.7. The second-order valence-electron chi connectivity index (χ2n) is 9.88. The third-order valence-electron chi connectivity index (χ3n) is 7.60. The topological polar surface area (TPSA) is 78.7 Å². The van der Waals surface area contributed by atoms with E-state index in [1.54, 1.807) is 26.4 Å². The van der Waals surface area contributed by atoms with E-state index < -0.39 is 5.60 Å². The Morgan fingerprint density at radius 2 is 1.76 bits per heavy atom. The molecule has 8 nitrogen and oxygen atoms in total. The van der Waals surface area contributed by atoms with Crippen molar-refractivity contribution in [1.82, 2.24) is 14.8 Å². The van der Waals surface area contributed by atoms with Gasteiger partial charge < -0.3 is 19.1 Å². The standard InChI is InChI=1S/C29H30N4O4/c1-18-16-24(30-28-25(18)19(2)31-33(28)20-8-6-5-7-9-20)32-14-12-29(13-15-32)17-22(34)21-10-11-23(35-3)27(36-4)26(21)37-29/h5-11,16H,12-15,17H2,1-4H3. The summed E-state index contributed by atoms with van der Waals surface area (Å²) in [5.41, 5.74) is 3.94. The lowest BCUT2D eigenvalue weighted by Crippen LogP contribution is -2.51. The largest absolute Gasteiger partial charge is 0.493 e. The minimum atomic E-state index is -0.568. The summed E-state index contributed by atoms with van der Waals surface area (Å²) in [6.45, 7) is 5.60.